The molecule has 0 unspecified atom stereocenters. The van der Waals surface area contributed by atoms with Crippen LogP contribution in [0, 0.1) is 0 Å². The summed E-state index contributed by atoms with van der Waals surface area (Å²) in [5.41, 5.74) is 1.20. The Labute approximate surface area is 137 Å². The van der Waals surface area contributed by atoms with Crippen molar-refractivity contribution in [1.29, 1.82) is 0 Å². The van der Waals surface area contributed by atoms with Gasteiger partial charge in [0.05, 0.1) is 4.47 Å². The second-order valence-corrected chi connectivity index (χ2v) is 6.67. The van der Waals surface area contributed by atoms with Crippen LogP contribution in [-0.4, -0.2) is 46.1 Å². The van der Waals surface area contributed by atoms with Crippen LogP contribution >= 0.6 is 15.9 Å². The van der Waals surface area contributed by atoms with Crippen LogP contribution in [0.15, 0.2) is 29.3 Å². The first-order valence-electron chi connectivity index (χ1n) is 7.59. The highest BCUT2D eigenvalue weighted by molar-refractivity contribution is 9.10. The molecular weight excluding hydrogens is 344 g/mol. The minimum Gasteiger partial charge on any atom is -0.353 e. The van der Waals surface area contributed by atoms with Gasteiger partial charge in [-0.15, -0.1) is 0 Å². The summed E-state index contributed by atoms with van der Waals surface area (Å²) in [6.07, 6.45) is 7.82. The van der Waals surface area contributed by atoms with E-state index in [4.69, 9.17) is 0 Å². The molecule has 22 heavy (non-hydrogen) atoms. The van der Waals surface area contributed by atoms with Gasteiger partial charge in [0.15, 0.2) is 0 Å². The van der Waals surface area contributed by atoms with Gasteiger partial charge in [-0.25, -0.2) is 19.9 Å². The fourth-order valence-corrected chi connectivity index (χ4v) is 2.95. The minimum atomic E-state index is 0.666. The number of rotatable bonds is 3. The third-order valence-electron chi connectivity index (χ3n) is 4.16. The van der Waals surface area contributed by atoms with E-state index in [9.17, 15) is 0 Å². The van der Waals surface area contributed by atoms with E-state index in [-0.39, 0.29) is 0 Å². The van der Waals surface area contributed by atoms with Gasteiger partial charge in [0.2, 0.25) is 5.95 Å². The lowest BCUT2D eigenvalue weighted by molar-refractivity contribution is 0.633. The van der Waals surface area contributed by atoms with Crippen molar-refractivity contribution in [3.8, 4) is 0 Å². The van der Waals surface area contributed by atoms with Crippen LogP contribution in [0.4, 0.5) is 11.8 Å². The zero-order valence-electron chi connectivity index (χ0n) is 12.2. The summed E-state index contributed by atoms with van der Waals surface area (Å²) in [5.74, 6) is 2.51. The van der Waals surface area contributed by atoms with E-state index < -0.39 is 0 Å². The molecule has 114 valence electrons. The lowest BCUT2D eigenvalue weighted by atomic mass is 10.2. The molecular formula is C15H17BrN6. The maximum atomic E-state index is 4.44. The van der Waals surface area contributed by atoms with Crippen molar-refractivity contribution < 1.29 is 0 Å². The minimum absolute atomic E-state index is 0.666. The molecule has 0 N–H and O–H groups in total. The van der Waals surface area contributed by atoms with E-state index in [1.54, 1.807) is 18.7 Å². The normalized spacial score (nSPS) is 18.6. The third-order valence-corrected chi connectivity index (χ3v) is 4.57. The number of aromatic nitrogens is 4. The molecule has 0 radical (unpaired) electrons. The molecule has 6 nitrogen and oxygen atoms in total. The van der Waals surface area contributed by atoms with Gasteiger partial charge in [0.25, 0.3) is 0 Å². The highest BCUT2D eigenvalue weighted by Crippen LogP contribution is 2.39. The van der Waals surface area contributed by atoms with Crippen LogP contribution in [0.5, 0.6) is 0 Å². The average molecular weight is 361 g/mol. The van der Waals surface area contributed by atoms with E-state index in [0.29, 0.717) is 5.92 Å². The van der Waals surface area contributed by atoms with Gasteiger partial charge in [-0.05, 0) is 28.8 Å². The summed E-state index contributed by atoms with van der Waals surface area (Å²) >= 11 is 3.37. The van der Waals surface area contributed by atoms with E-state index in [1.165, 1.54) is 18.5 Å². The van der Waals surface area contributed by atoms with Crippen molar-refractivity contribution in [3.63, 3.8) is 0 Å². The zero-order valence-corrected chi connectivity index (χ0v) is 13.8. The van der Waals surface area contributed by atoms with Gasteiger partial charge in [-0.2, -0.15) is 0 Å². The summed E-state index contributed by atoms with van der Waals surface area (Å²) in [6.45, 7) is 3.68. The largest absolute Gasteiger partial charge is 0.353 e. The zero-order chi connectivity index (χ0) is 14.9. The Balaban J connectivity index is 1.43. The number of nitrogens with zero attached hydrogens (tertiary/aromatic N) is 6. The first-order chi connectivity index (χ1) is 10.8. The molecule has 0 amide bonds. The standard InChI is InChI=1S/C15H17BrN6/c16-12-8-17-15(18-9-12)22-5-3-21(4-6-22)14-7-13(11-1-2-11)19-10-20-14/h7-11H,1-6H2. The van der Waals surface area contributed by atoms with Crippen molar-refractivity contribution in [1.82, 2.24) is 19.9 Å². The first kappa shape index (κ1) is 13.9. The van der Waals surface area contributed by atoms with Gasteiger partial charge >= 0.3 is 0 Å². The van der Waals surface area contributed by atoms with Crippen LogP contribution in [0.3, 0.4) is 0 Å². The molecule has 0 bridgehead atoms. The fraction of sp³-hybridized carbons (Fsp3) is 0.467. The molecule has 7 heteroatoms. The van der Waals surface area contributed by atoms with Crippen LogP contribution in [0.1, 0.15) is 24.5 Å². The summed E-state index contributed by atoms with van der Waals surface area (Å²) in [6, 6.07) is 2.16. The Morgan fingerprint density at radius 3 is 2.27 bits per heavy atom. The molecule has 0 atom stereocenters. The predicted molar refractivity (Wildman–Crippen MR) is 88.2 cm³/mol. The first-order valence-corrected chi connectivity index (χ1v) is 8.38. The van der Waals surface area contributed by atoms with Crippen molar-refractivity contribution in [2.24, 2.45) is 0 Å². The van der Waals surface area contributed by atoms with Gasteiger partial charge in [0, 0.05) is 56.3 Å². The second-order valence-electron chi connectivity index (χ2n) is 5.75. The Hall–Kier alpha value is -1.76. The summed E-state index contributed by atoms with van der Waals surface area (Å²) in [4.78, 5) is 22.1. The van der Waals surface area contributed by atoms with Crippen molar-refractivity contribution in [3.05, 3.63) is 35.0 Å². The van der Waals surface area contributed by atoms with Crippen molar-refractivity contribution in [2.75, 3.05) is 36.0 Å². The molecule has 1 aliphatic carbocycles. The number of halogens is 1. The highest BCUT2D eigenvalue weighted by atomic mass is 79.9. The number of hydrogen-bond donors (Lipinski definition) is 0. The third kappa shape index (κ3) is 2.90. The van der Waals surface area contributed by atoms with E-state index in [1.807, 2.05) is 0 Å². The topological polar surface area (TPSA) is 58.0 Å². The monoisotopic (exact) mass is 360 g/mol. The lowest BCUT2D eigenvalue weighted by Gasteiger charge is -2.35. The average Bonchev–Trinajstić information content (AvgIpc) is 3.41. The molecule has 2 aromatic rings. The summed E-state index contributed by atoms with van der Waals surface area (Å²) in [7, 11) is 0. The van der Waals surface area contributed by atoms with Crippen LogP contribution in [0.25, 0.3) is 0 Å². The van der Waals surface area contributed by atoms with E-state index in [0.717, 1.165) is 42.4 Å². The van der Waals surface area contributed by atoms with Crippen molar-refractivity contribution in [2.45, 2.75) is 18.8 Å². The molecule has 1 saturated heterocycles. The van der Waals surface area contributed by atoms with Crippen molar-refractivity contribution >= 4 is 27.7 Å². The molecule has 1 saturated carbocycles. The van der Waals surface area contributed by atoms with Gasteiger partial charge in [-0.3, -0.25) is 0 Å². The number of hydrogen-bond acceptors (Lipinski definition) is 6. The van der Waals surface area contributed by atoms with Gasteiger partial charge < -0.3 is 9.80 Å². The SMILES string of the molecule is Brc1cnc(N2CCN(c3cc(C4CC4)ncn3)CC2)nc1. The Kier molecular flexibility index (Phi) is 3.65. The second kappa shape index (κ2) is 5.79. The predicted octanol–water partition coefficient (Wildman–Crippen LogP) is 2.23. The van der Waals surface area contributed by atoms with Crippen LogP contribution in [0.2, 0.25) is 0 Å². The van der Waals surface area contributed by atoms with Crippen LogP contribution < -0.4 is 9.80 Å². The Bertz CT molecular complexity index is 649. The molecule has 0 spiro atoms. The summed E-state index contributed by atoms with van der Waals surface area (Å²) < 4.78 is 0.906. The Morgan fingerprint density at radius 2 is 1.59 bits per heavy atom. The molecule has 0 aromatic carbocycles. The number of piperazine rings is 1. The maximum absolute atomic E-state index is 4.44. The lowest BCUT2D eigenvalue weighted by Crippen LogP contribution is -2.47. The number of anilines is 2. The highest BCUT2D eigenvalue weighted by Gasteiger charge is 2.26. The van der Waals surface area contributed by atoms with E-state index in [2.05, 4.69) is 51.7 Å². The maximum Gasteiger partial charge on any atom is 0.225 e. The van der Waals surface area contributed by atoms with E-state index >= 15 is 0 Å². The molecule has 2 aliphatic rings. The van der Waals surface area contributed by atoms with Crippen LogP contribution in [-0.2, 0) is 0 Å². The molecule has 1 aliphatic heterocycles. The molecule has 4 rings (SSSR count). The Morgan fingerprint density at radius 1 is 0.909 bits per heavy atom. The fourth-order valence-electron chi connectivity index (χ4n) is 2.74. The quantitative estimate of drug-likeness (QED) is 0.836. The van der Waals surface area contributed by atoms with Gasteiger partial charge in [0.1, 0.15) is 12.1 Å². The smallest absolute Gasteiger partial charge is 0.225 e. The molecule has 2 aromatic heterocycles. The molecule has 3 heterocycles. The molecule has 2 fully saturated rings. The summed E-state index contributed by atoms with van der Waals surface area (Å²) in [5, 5.41) is 0. The van der Waals surface area contributed by atoms with Gasteiger partial charge in [-0.1, -0.05) is 0 Å².